The second-order valence-corrected chi connectivity index (χ2v) is 18.6. The molecule has 3 spiro atoms. The maximum absolute atomic E-state index is 12.2. The molecule has 10 heteroatoms. The number of fused-ring (bicyclic) bond motifs is 6. The lowest BCUT2D eigenvalue weighted by Gasteiger charge is -2.64. The molecule has 9 fully saturated rings. The van der Waals surface area contributed by atoms with Crippen molar-refractivity contribution in [3.63, 3.8) is 0 Å². The van der Waals surface area contributed by atoms with Crippen molar-refractivity contribution in [2.45, 2.75) is 160 Å². The van der Waals surface area contributed by atoms with Gasteiger partial charge in [-0.2, -0.15) is 0 Å². The molecule has 4 saturated heterocycles. The van der Waals surface area contributed by atoms with Crippen LogP contribution in [0.3, 0.4) is 0 Å². The van der Waals surface area contributed by atoms with Crippen LogP contribution in [0.1, 0.15) is 92.9 Å². The Morgan fingerprint density at radius 2 is 1.57 bits per heavy atom. The number of methoxy groups -OCH3 is 1. The van der Waals surface area contributed by atoms with Crippen molar-refractivity contribution in [3.8, 4) is 0 Å². The Balaban J connectivity index is 0.990. The fraction of sp³-hybridized carbons (Fsp3) is 1.00. The molecule has 4 aliphatic heterocycles. The van der Waals surface area contributed by atoms with Crippen LogP contribution in [0.25, 0.3) is 0 Å². The summed E-state index contributed by atoms with van der Waals surface area (Å²) in [6.45, 7) is 14.0. The van der Waals surface area contributed by atoms with Crippen molar-refractivity contribution in [1.82, 2.24) is 0 Å². The van der Waals surface area contributed by atoms with Crippen LogP contribution < -0.4 is 0 Å². The van der Waals surface area contributed by atoms with E-state index in [0.29, 0.717) is 24.2 Å². The van der Waals surface area contributed by atoms with E-state index in [1.165, 1.54) is 0 Å². The van der Waals surface area contributed by atoms with Crippen molar-refractivity contribution < 1.29 is 48.8 Å². The second-order valence-electron chi connectivity index (χ2n) is 18.6. The highest BCUT2D eigenvalue weighted by atomic mass is 16.8. The Morgan fingerprint density at radius 3 is 2.28 bits per heavy atom. The maximum atomic E-state index is 12.2. The van der Waals surface area contributed by atoms with Gasteiger partial charge in [0, 0.05) is 25.4 Å². The lowest BCUT2D eigenvalue weighted by Crippen LogP contribution is -2.63. The summed E-state index contributed by atoms with van der Waals surface area (Å²) in [6.07, 6.45) is 1.74. The van der Waals surface area contributed by atoms with E-state index in [2.05, 4.69) is 41.5 Å². The first kappa shape index (κ1) is 31.6. The number of ether oxygens (including phenoxy) is 6. The third kappa shape index (κ3) is 3.44. The number of rotatable bonds is 3. The van der Waals surface area contributed by atoms with Crippen molar-refractivity contribution in [1.29, 1.82) is 0 Å². The smallest absolute Gasteiger partial charge is 0.201 e. The fourth-order valence-electron chi connectivity index (χ4n) is 14.5. The van der Waals surface area contributed by atoms with Gasteiger partial charge in [0.05, 0.1) is 24.9 Å². The summed E-state index contributed by atoms with van der Waals surface area (Å²) in [5.74, 6) is 0.925. The predicted octanol–water partition coefficient (Wildman–Crippen LogP) is 3.11. The van der Waals surface area contributed by atoms with E-state index in [9.17, 15) is 20.4 Å². The molecule has 0 aromatic heterocycles. The number of epoxide rings is 1. The Hall–Kier alpha value is -0.400. The van der Waals surface area contributed by atoms with Crippen molar-refractivity contribution >= 4 is 0 Å². The van der Waals surface area contributed by atoms with Crippen LogP contribution in [-0.4, -0.2) is 101 Å². The van der Waals surface area contributed by atoms with Crippen molar-refractivity contribution in [2.24, 2.45) is 50.7 Å². The minimum atomic E-state index is -1.34. The van der Waals surface area contributed by atoms with E-state index in [-0.39, 0.29) is 57.9 Å². The first-order valence-electron chi connectivity index (χ1n) is 18.1. The summed E-state index contributed by atoms with van der Waals surface area (Å²) in [7, 11) is 1.69. The minimum absolute atomic E-state index is 0.0794. The van der Waals surface area contributed by atoms with Gasteiger partial charge in [-0.15, -0.1) is 0 Å². The molecule has 46 heavy (non-hydrogen) atoms. The third-order valence-corrected chi connectivity index (χ3v) is 16.7. The first-order valence-corrected chi connectivity index (χ1v) is 18.1. The standard InChI is InChI=1S/C36H56O10/c1-17-13-36(28-33(6,45-28)29(41-7)46-36)44-19-14-32(5)21-9-8-20-30(2,3)23(43-27-26(40)25(39)18(37)15-42-27)12-22(38)35(20)16-34(21,35)11-10-31(32,4)24(17)19/h17-29,37-40H,8-16H2,1-7H3/t17-,18-,19?,20+,21+,22+,23+,24+,25+,26-,27+,28?,29-,31-,32+,33?,34+,35-,36?/m1/s1. The van der Waals surface area contributed by atoms with Crippen LogP contribution in [0.5, 0.6) is 0 Å². The molecule has 260 valence electrons. The largest absolute Gasteiger partial charge is 0.392 e. The van der Waals surface area contributed by atoms with Gasteiger partial charge in [0.25, 0.3) is 0 Å². The van der Waals surface area contributed by atoms with Crippen LogP contribution in [0.15, 0.2) is 0 Å². The minimum Gasteiger partial charge on any atom is -0.392 e. The van der Waals surface area contributed by atoms with Gasteiger partial charge < -0.3 is 48.8 Å². The van der Waals surface area contributed by atoms with Gasteiger partial charge >= 0.3 is 0 Å². The molecule has 4 heterocycles. The van der Waals surface area contributed by atoms with Crippen LogP contribution in [-0.2, 0) is 28.4 Å². The van der Waals surface area contributed by atoms with Gasteiger partial charge in [-0.1, -0.05) is 34.6 Å². The summed E-state index contributed by atoms with van der Waals surface area (Å²) in [4.78, 5) is 0. The van der Waals surface area contributed by atoms with Gasteiger partial charge in [0.1, 0.15) is 30.0 Å². The SMILES string of the molecule is CO[C@@H]1OC2(C[C@@H](C)[C@H]3C(C[C@@]4(C)[C@@H]5CC[C@H]6C(C)(C)[C@@H](O[C@@H]7OC[C@@H](O)[C@H](O)[C@H]7O)C[C@H](O)[C@@]67C[C@@]57CC[C@]34C)O2)C2OC21C. The molecule has 0 aromatic carbocycles. The molecule has 9 rings (SSSR count). The fourth-order valence-corrected chi connectivity index (χ4v) is 14.5. The zero-order valence-corrected chi connectivity index (χ0v) is 28.6. The molecule has 10 nitrogen and oxygen atoms in total. The summed E-state index contributed by atoms with van der Waals surface area (Å²) in [5, 5.41) is 43.0. The van der Waals surface area contributed by atoms with E-state index >= 15 is 0 Å². The normalized spacial score (nSPS) is 65.7. The van der Waals surface area contributed by atoms with Crippen molar-refractivity contribution in [3.05, 3.63) is 0 Å². The van der Waals surface area contributed by atoms with E-state index in [0.717, 1.165) is 44.9 Å². The van der Waals surface area contributed by atoms with Crippen LogP contribution >= 0.6 is 0 Å². The monoisotopic (exact) mass is 648 g/mol. The van der Waals surface area contributed by atoms with Crippen LogP contribution in [0.4, 0.5) is 0 Å². The Morgan fingerprint density at radius 1 is 0.826 bits per heavy atom. The second kappa shape index (κ2) is 9.28. The van der Waals surface area contributed by atoms with Crippen molar-refractivity contribution in [2.75, 3.05) is 13.7 Å². The summed E-state index contributed by atoms with van der Waals surface area (Å²) in [6, 6.07) is 0. The lowest BCUT2D eigenvalue weighted by atomic mass is 9.41. The van der Waals surface area contributed by atoms with Gasteiger partial charge in [-0.25, -0.2) is 0 Å². The maximum Gasteiger partial charge on any atom is 0.201 e. The zero-order valence-electron chi connectivity index (χ0n) is 28.6. The molecular weight excluding hydrogens is 592 g/mol. The number of hydrogen-bond acceptors (Lipinski definition) is 10. The van der Waals surface area contributed by atoms with Gasteiger partial charge in [-0.05, 0) is 90.8 Å². The molecule has 5 saturated carbocycles. The average molecular weight is 649 g/mol. The number of aliphatic hydroxyl groups is 4. The summed E-state index contributed by atoms with van der Waals surface area (Å²) in [5.41, 5.74) is -0.519. The first-order chi connectivity index (χ1) is 21.5. The molecule has 0 aromatic rings. The highest BCUT2D eigenvalue weighted by molar-refractivity contribution is 5.34. The zero-order chi connectivity index (χ0) is 32.6. The predicted molar refractivity (Wildman–Crippen MR) is 163 cm³/mol. The van der Waals surface area contributed by atoms with E-state index < -0.39 is 48.4 Å². The topological polar surface area (TPSA) is 140 Å². The third-order valence-electron chi connectivity index (χ3n) is 16.7. The molecule has 19 atom stereocenters. The quantitative estimate of drug-likeness (QED) is 0.267. The van der Waals surface area contributed by atoms with Gasteiger partial charge in [0.2, 0.25) is 5.79 Å². The van der Waals surface area contributed by atoms with Gasteiger partial charge in [-0.3, -0.25) is 0 Å². The molecule has 0 amide bonds. The Bertz CT molecular complexity index is 1300. The molecule has 4 unspecified atom stereocenters. The van der Waals surface area contributed by atoms with Crippen LogP contribution in [0, 0.1) is 50.7 Å². The highest BCUT2D eigenvalue weighted by Gasteiger charge is 2.86. The lowest BCUT2D eigenvalue weighted by molar-refractivity contribution is -0.348. The summed E-state index contributed by atoms with van der Waals surface area (Å²) < 4.78 is 37.7. The molecule has 5 aliphatic carbocycles. The molecule has 4 N–H and O–H groups in total. The summed E-state index contributed by atoms with van der Waals surface area (Å²) >= 11 is 0. The molecular formula is C36H56O10. The average Bonchev–Trinajstić information content (AvgIpc) is 3.85. The van der Waals surface area contributed by atoms with E-state index in [1.54, 1.807) is 7.11 Å². The van der Waals surface area contributed by atoms with E-state index in [1.807, 2.05) is 0 Å². The number of aliphatic hydroxyl groups excluding tert-OH is 4. The Labute approximate surface area is 272 Å². The Kier molecular flexibility index (Phi) is 6.37. The van der Waals surface area contributed by atoms with E-state index in [4.69, 9.17) is 28.4 Å². The highest BCUT2D eigenvalue weighted by Crippen LogP contribution is 2.89. The molecule has 9 aliphatic rings. The number of hydrogen-bond donors (Lipinski definition) is 4. The van der Waals surface area contributed by atoms with Crippen LogP contribution in [0.2, 0.25) is 0 Å². The molecule has 0 bridgehead atoms. The van der Waals surface area contributed by atoms with Gasteiger partial charge in [0.15, 0.2) is 12.6 Å². The molecule has 0 radical (unpaired) electrons.